The van der Waals surface area contributed by atoms with Gasteiger partial charge in [0, 0.05) is 0 Å². The van der Waals surface area contributed by atoms with Crippen LogP contribution in [0.3, 0.4) is 0 Å². The van der Waals surface area contributed by atoms with Crippen LogP contribution in [-0.2, 0) is 4.74 Å². The third-order valence-electron chi connectivity index (χ3n) is 30.1. The molecule has 1 heterocycles. The Labute approximate surface area is 482 Å². The highest BCUT2D eigenvalue weighted by Crippen LogP contribution is 3.00. The molecule has 4 bridgehead atoms. The molecule has 0 radical (unpaired) electrons. The third kappa shape index (κ3) is 8.19. The van der Waals surface area contributed by atoms with Crippen LogP contribution >= 0.6 is 0 Å². The van der Waals surface area contributed by atoms with Gasteiger partial charge in [-0.1, -0.05) is 180 Å². The SMILES string of the molecule is CC(C)(C)C.CC1(C)C2(C)C(C)(C)C3(C)C(C)(C)C1(C)C(C)(C)C(C)(C2(C)C)C3(C)C.CC1(C)OC(C)(C)C(C)(C)C(C)(C)C1(C)C.Cc1c(C)c(C)c(C)c(C)c1C.Cc1c(C)c(C)c2c(C)c(C)c(C)c(C)c2c1C. The van der Waals surface area contributed by atoms with Crippen LogP contribution < -0.4 is 0 Å². The fourth-order valence-corrected chi connectivity index (χ4v) is 20.4. The van der Waals surface area contributed by atoms with E-state index in [0.29, 0.717) is 5.41 Å². The second-order valence-electron chi connectivity index (χ2n) is 34.7. The van der Waals surface area contributed by atoms with Gasteiger partial charge in [-0.15, -0.1) is 0 Å². The van der Waals surface area contributed by atoms with E-state index in [1.54, 1.807) is 0 Å². The second kappa shape index (κ2) is 19.2. The van der Waals surface area contributed by atoms with Crippen molar-refractivity contribution in [2.45, 2.75) is 316 Å². The fraction of sp³-hybridized carbons (Fsp3) is 0.789. The molecule has 0 spiro atoms. The molecule has 0 aromatic heterocycles. The molecule has 3 aromatic carbocycles. The van der Waals surface area contributed by atoms with Gasteiger partial charge in [-0.25, -0.2) is 0 Å². The Morgan fingerprint density at radius 2 is 0.312 bits per heavy atom. The number of aryl methyl sites for hydroxylation is 4. The smallest absolute Gasteiger partial charge is 0.0690 e. The zero-order chi connectivity index (χ0) is 61.9. The Morgan fingerprint density at radius 3 is 0.442 bits per heavy atom. The van der Waals surface area contributed by atoms with Crippen molar-refractivity contribution in [1.82, 2.24) is 0 Å². The first-order valence-corrected chi connectivity index (χ1v) is 30.7. The Morgan fingerprint density at radius 1 is 0.195 bits per heavy atom. The number of ether oxygens (including phenoxy) is 1. The highest BCUT2D eigenvalue weighted by molar-refractivity contribution is 5.97. The van der Waals surface area contributed by atoms with Gasteiger partial charge in [0.1, 0.15) is 0 Å². The molecule has 0 amide bonds. The van der Waals surface area contributed by atoms with Gasteiger partial charge in [0.05, 0.1) is 11.2 Å². The molecule has 0 atom stereocenters. The molecule has 1 aliphatic heterocycles. The van der Waals surface area contributed by atoms with Crippen LogP contribution in [0.25, 0.3) is 10.8 Å². The number of benzene rings is 3. The van der Waals surface area contributed by atoms with E-state index in [9.17, 15) is 0 Å². The topological polar surface area (TPSA) is 9.23 Å². The minimum Gasteiger partial charge on any atom is -0.369 e. The van der Waals surface area contributed by atoms with Crippen LogP contribution in [0.15, 0.2) is 0 Å². The minimum atomic E-state index is -0.102. The molecule has 3 aromatic rings. The van der Waals surface area contributed by atoms with Crippen LogP contribution in [0.5, 0.6) is 0 Å². The molecule has 1 nitrogen and oxygen atoms in total. The second-order valence-corrected chi connectivity index (χ2v) is 34.7. The zero-order valence-corrected chi connectivity index (χ0v) is 60.4. The molecular formula is C76H132O. The molecule has 4 saturated carbocycles. The van der Waals surface area contributed by atoms with Crippen LogP contribution in [0.4, 0.5) is 0 Å². The van der Waals surface area contributed by atoms with E-state index in [1.807, 2.05) is 0 Å². The molecule has 0 unspecified atom stereocenters. The normalized spacial score (nSPS) is 30.1. The average Bonchev–Trinajstić information content (AvgIpc) is 3.27. The quantitative estimate of drug-likeness (QED) is 0.218. The van der Waals surface area contributed by atoms with Gasteiger partial charge in [-0.05, 0) is 289 Å². The lowest BCUT2D eigenvalue weighted by Crippen LogP contribution is -2.94. The summed E-state index contributed by atoms with van der Waals surface area (Å²) >= 11 is 0. The third-order valence-corrected chi connectivity index (χ3v) is 30.1. The van der Waals surface area contributed by atoms with Gasteiger partial charge in [0.2, 0.25) is 0 Å². The molecule has 1 saturated heterocycles. The lowest BCUT2D eigenvalue weighted by atomic mass is 9.05. The average molecular weight is 1060 g/mol. The monoisotopic (exact) mass is 1060 g/mol. The van der Waals surface area contributed by atoms with Crippen LogP contribution in [-0.4, -0.2) is 11.2 Å². The Hall–Kier alpha value is -2.12. The Balaban J connectivity index is 0.000000271. The van der Waals surface area contributed by atoms with E-state index in [1.165, 1.54) is 88.7 Å². The maximum atomic E-state index is 6.43. The summed E-state index contributed by atoms with van der Waals surface area (Å²) in [7, 11) is 0. The molecular weight excluding hydrogens is 929 g/mol. The maximum absolute atomic E-state index is 6.43. The van der Waals surface area contributed by atoms with E-state index in [-0.39, 0.29) is 81.6 Å². The maximum Gasteiger partial charge on any atom is 0.0690 e. The predicted molar refractivity (Wildman–Crippen MR) is 348 cm³/mol. The van der Waals surface area contributed by atoms with Crippen molar-refractivity contribution in [3.8, 4) is 0 Å². The summed E-state index contributed by atoms with van der Waals surface area (Å²) in [6.07, 6.45) is 0. The number of fused-ring (bicyclic) bond motifs is 1. The van der Waals surface area contributed by atoms with Gasteiger partial charge >= 0.3 is 0 Å². The van der Waals surface area contributed by atoms with Gasteiger partial charge < -0.3 is 4.74 Å². The van der Waals surface area contributed by atoms with Crippen molar-refractivity contribution in [3.05, 3.63) is 77.9 Å². The van der Waals surface area contributed by atoms with Crippen molar-refractivity contribution in [2.24, 2.45) is 75.8 Å². The van der Waals surface area contributed by atoms with E-state index in [2.05, 4.69) is 305 Å². The van der Waals surface area contributed by atoms with Gasteiger partial charge in [-0.2, -0.15) is 0 Å². The fourth-order valence-electron chi connectivity index (χ4n) is 20.4. The van der Waals surface area contributed by atoms with E-state index in [0.717, 1.165) is 0 Å². The molecule has 4 aliphatic carbocycles. The molecule has 5 aliphatic rings. The van der Waals surface area contributed by atoms with E-state index < -0.39 is 0 Å². The predicted octanol–water partition coefficient (Wildman–Crippen LogP) is 23.8. The van der Waals surface area contributed by atoms with Crippen LogP contribution in [0.1, 0.15) is 286 Å². The van der Waals surface area contributed by atoms with Crippen molar-refractivity contribution < 1.29 is 4.74 Å². The summed E-state index contributed by atoms with van der Waals surface area (Å²) in [6.45, 7) is 105. The first-order chi connectivity index (χ1) is 33.5. The summed E-state index contributed by atoms with van der Waals surface area (Å²) in [5.74, 6) is 0. The number of rotatable bonds is 0. The molecule has 1 heteroatoms. The standard InChI is InChI=1S/C26H48.C18H24.C15H30O.C12H18.C5H12/c1-17(2)23(13)18(3,4)25(15)20(7,8)24(17,14)21(9,10)26(16,19(23,5)6)22(25,11)12;1-9-10(2)14(6)18-16(8)12(4)11(3)15(7)17(18)13(9)5;1-11(2)12(3,4)14(7,8)16-15(9,10)13(11,5)6;1-7-8(2)10(4)12(6)11(5)9(7)3;1-5(2,3)4/h1-16H3;1-8H3;1-10H3;1-6H3;1-4H3. The minimum absolute atomic E-state index is 0.102. The van der Waals surface area contributed by atoms with Gasteiger partial charge in [-0.3, -0.25) is 0 Å². The molecule has 5 fully saturated rings. The highest BCUT2D eigenvalue weighted by Gasteiger charge is 2.95. The highest BCUT2D eigenvalue weighted by atomic mass is 16.5. The Bertz CT molecular complexity index is 2310. The van der Waals surface area contributed by atoms with Gasteiger partial charge in [0.25, 0.3) is 0 Å². The van der Waals surface area contributed by atoms with Crippen LogP contribution in [0.2, 0.25) is 0 Å². The summed E-state index contributed by atoms with van der Waals surface area (Å²) in [6, 6.07) is 0. The first-order valence-electron chi connectivity index (χ1n) is 30.7. The number of hydrogen-bond acceptors (Lipinski definition) is 1. The largest absolute Gasteiger partial charge is 0.369 e. The molecule has 77 heavy (non-hydrogen) atoms. The van der Waals surface area contributed by atoms with E-state index >= 15 is 0 Å². The summed E-state index contributed by atoms with van der Waals surface area (Å²) in [5.41, 5.74) is 23.5. The molecule has 442 valence electrons. The molecule has 0 N–H and O–H groups in total. The lowest BCUT2D eigenvalue weighted by molar-refractivity contribution is -0.516. The first kappa shape index (κ1) is 69.2. The molecule has 8 rings (SSSR count). The van der Waals surface area contributed by atoms with Crippen molar-refractivity contribution in [3.63, 3.8) is 0 Å². The number of hydrogen-bond donors (Lipinski definition) is 0. The lowest BCUT2D eigenvalue weighted by Gasteiger charge is -2.98. The van der Waals surface area contributed by atoms with Crippen molar-refractivity contribution in [1.29, 1.82) is 0 Å². The van der Waals surface area contributed by atoms with Crippen molar-refractivity contribution in [2.75, 3.05) is 0 Å². The van der Waals surface area contributed by atoms with Crippen molar-refractivity contribution >= 4 is 10.8 Å². The summed E-state index contributed by atoms with van der Waals surface area (Å²) in [4.78, 5) is 0. The van der Waals surface area contributed by atoms with Gasteiger partial charge in [0.15, 0.2) is 0 Å². The summed E-state index contributed by atoms with van der Waals surface area (Å²) in [5, 5.41) is 2.97. The Kier molecular flexibility index (Phi) is 17.3. The summed E-state index contributed by atoms with van der Waals surface area (Å²) < 4.78 is 6.43. The van der Waals surface area contributed by atoms with Crippen LogP contribution in [0, 0.1) is 173 Å². The van der Waals surface area contributed by atoms with E-state index in [4.69, 9.17) is 4.74 Å². The zero-order valence-electron chi connectivity index (χ0n) is 60.4.